The minimum absolute atomic E-state index is 0.00841. The number of carbonyl (C=O) groups excluding carboxylic acids is 2. The van der Waals surface area contributed by atoms with E-state index in [2.05, 4.69) is 38.8 Å². The van der Waals surface area contributed by atoms with E-state index in [0.29, 0.717) is 17.7 Å². The molecule has 2 aromatic heterocycles. The maximum Gasteiger partial charge on any atom is 0.272 e. The van der Waals surface area contributed by atoms with Crippen molar-refractivity contribution in [3.05, 3.63) is 68.7 Å². The number of hydrogen-bond acceptors (Lipinski definition) is 4. The summed E-state index contributed by atoms with van der Waals surface area (Å²) in [6.45, 7) is 7.39. The summed E-state index contributed by atoms with van der Waals surface area (Å²) in [4.78, 5) is 32.0. The van der Waals surface area contributed by atoms with Crippen LogP contribution in [0.25, 0.3) is 0 Å². The molecule has 156 valence electrons. The number of ketones is 1. The van der Waals surface area contributed by atoms with E-state index < -0.39 is 0 Å². The van der Waals surface area contributed by atoms with Crippen molar-refractivity contribution in [2.75, 3.05) is 16.8 Å². The highest BCUT2D eigenvalue weighted by molar-refractivity contribution is 7.10. The van der Waals surface area contributed by atoms with Crippen molar-refractivity contribution in [3.63, 3.8) is 0 Å². The zero-order valence-electron chi connectivity index (χ0n) is 17.7. The van der Waals surface area contributed by atoms with Crippen molar-refractivity contribution in [3.8, 4) is 0 Å². The molecular formula is C24H27N3O2S. The number of amides is 1. The predicted molar refractivity (Wildman–Crippen MR) is 123 cm³/mol. The molecule has 1 aromatic carbocycles. The fourth-order valence-corrected chi connectivity index (χ4v) is 5.15. The van der Waals surface area contributed by atoms with Gasteiger partial charge in [-0.15, -0.1) is 11.3 Å². The molecule has 1 amide bonds. The molecule has 0 unspecified atom stereocenters. The number of anilines is 2. The summed E-state index contributed by atoms with van der Waals surface area (Å²) in [6, 6.07) is 10.2. The molecule has 4 rings (SSSR count). The first-order valence-electron chi connectivity index (χ1n) is 10.4. The van der Waals surface area contributed by atoms with Gasteiger partial charge in [0.2, 0.25) is 0 Å². The summed E-state index contributed by atoms with van der Waals surface area (Å²) in [7, 11) is 0. The fraction of sp³-hybridized carbons (Fsp3) is 0.333. The second-order valence-corrected chi connectivity index (χ2v) is 8.83. The minimum Gasteiger partial charge on any atom is -0.367 e. The first-order chi connectivity index (χ1) is 14.5. The molecule has 1 aliphatic heterocycles. The molecule has 3 heterocycles. The highest BCUT2D eigenvalue weighted by Gasteiger charge is 2.22. The summed E-state index contributed by atoms with van der Waals surface area (Å²) in [5.41, 5.74) is 6.03. The zero-order chi connectivity index (χ0) is 21.3. The Balaban J connectivity index is 1.49. The van der Waals surface area contributed by atoms with Crippen molar-refractivity contribution in [1.82, 2.24) is 4.98 Å². The molecular weight excluding hydrogens is 394 g/mol. The average molecular weight is 422 g/mol. The van der Waals surface area contributed by atoms with Crippen LogP contribution in [0.3, 0.4) is 0 Å². The van der Waals surface area contributed by atoms with Gasteiger partial charge in [-0.3, -0.25) is 9.59 Å². The zero-order valence-corrected chi connectivity index (χ0v) is 18.5. The number of rotatable bonds is 6. The largest absolute Gasteiger partial charge is 0.367 e. The Labute approximate surface area is 181 Å². The van der Waals surface area contributed by atoms with Gasteiger partial charge in [-0.1, -0.05) is 13.3 Å². The van der Waals surface area contributed by atoms with Crippen LogP contribution in [-0.4, -0.2) is 23.2 Å². The molecule has 5 nitrogen and oxygen atoms in total. The van der Waals surface area contributed by atoms with Crippen molar-refractivity contribution in [2.45, 2.75) is 46.6 Å². The van der Waals surface area contributed by atoms with Crippen LogP contribution in [0.1, 0.15) is 62.8 Å². The number of nitrogens with zero attached hydrogens (tertiary/aromatic N) is 1. The minimum atomic E-state index is -0.206. The van der Waals surface area contributed by atoms with Crippen LogP contribution >= 0.6 is 11.3 Å². The van der Waals surface area contributed by atoms with Crippen LogP contribution in [0.4, 0.5) is 11.4 Å². The molecule has 0 aliphatic carbocycles. The highest BCUT2D eigenvalue weighted by Crippen LogP contribution is 2.29. The number of aromatic amines is 1. The summed E-state index contributed by atoms with van der Waals surface area (Å²) in [6.07, 6.45) is 2.64. The Morgan fingerprint density at radius 2 is 1.97 bits per heavy atom. The lowest BCUT2D eigenvalue weighted by molar-refractivity contribution is 0.101. The number of benzene rings is 1. The van der Waals surface area contributed by atoms with Gasteiger partial charge in [0, 0.05) is 40.6 Å². The summed E-state index contributed by atoms with van der Waals surface area (Å²) >= 11 is 1.84. The topological polar surface area (TPSA) is 65.2 Å². The number of nitrogens with one attached hydrogen (secondary N) is 2. The first kappa shape index (κ1) is 20.4. The number of thiophene rings is 1. The van der Waals surface area contributed by atoms with E-state index in [1.165, 1.54) is 10.4 Å². The molecule has 1 aliphatic rings. The van der Waals surface area contributed by atoms with Crippen LogP contribution in [0.2, 0.25) is 0 Å². The van der Waals surface area contributed by atoms with E-state index in [9.17, 15) is 9.59 Å². The molecule has 0 saturated carbocycles. The van der Waals surface area contributed by atoms with E-state index in [0.717, 1.165) is 48.6 Å². The van der Waals surface area contributed by atoms with Crippen LogP contribution in [0.5, 0.6) is 0 Å². The van der Waals surface area contributed by atoms with E-state index in [1.54, 1.807) is 6.92 Å². The van der Waals surface area contributed by atoms with E-state index in [4.69, 9.17) is 0 Å². The molecule has 2 N–H and O–H groups in total. The number of carbonyl (C=O) groups is 2. The molecule has 0 fully saturated rings. The number of fused-ring (bicyclic) bond motifs is 1. The van der Waals surface area contributed by atoms with Crippen LogP contribution in [0.15, 0.2) is 35.7 Å². The predicted octanol–water partition coefficient (Wildman–Crippen LogP) is 5.35. The van der Waals surface area contributed by atoms with Gasteiger partial charge in [0.25, 0.3) is 5.91 Å². The van der Waals surface area contributed by atoms with Gasteiger partial charge in [0.1, 0.15) is 5.69 Å². The third-order valence-electron chi connectivity index (χ3n) is 5.67. The molecule has 0 radical (unpaired) electrons. The highest BCUT2D eigenvalue weighted by atomic mass is 32.1. The van der Waals surface area contributed by atoms with Crippen molar-refractivity contribution >= 4 is 34.4 Å². The smallest absolute Gasteiger partial charge is 0.272 e. The molecule has 0 atom stereocenters. The summed E-state index contributed by atoms with van der Waals surface area (Å²) in [5, 5.41) is 5.15. The lowest BCUT2D eigenvalue weighted by Gasteiger charge is -2.29. The molecule has 6 heteroatoms. The monoisotopic (exact) mass is 421 g/mol. The molecule has 0 spiro atoms. The lowest BCUT2D eigenvalue weighted by atomic mass is 10.0. The Morgan fingerprint density at radius 3 is 2.67 bits per heavy atom. The van der Waals surface area contributed by atoms with Gasteiger partial charge in [0.05, 0.1) is 0 Å². The second-order valence-electron chi connectivity index (χ2n) is 7.83. The van der Waals surface area contributed by atoms with Crippen LogP contribution in [-0.2, 0) is 19.4 Å². The third-order valence-corrected chi connectivity index (χ3v) is 6.69. The van der Waals surface area contributed by atoms with Gasteiger partial charge < -0.3 is 15.2 Å². The number of Topliss-reactive ketones (excluding diaryl/α,β-unsaturated/α-hetero) is 1. The van der Waals surface area contributed by atoms with Gasteiger partial charge in [-0.25, -0.2) is 0 Å². The van der Waals surface area contributed by atoms with E-state index >= 15 is 0 Å². The quantitative estimate of drug-likeness (QED) is 0.527. The first-order valence-corrected chi connectivity index (χ1v) is 11.3. The van der Waals surface area contributed by atoms with Gasteiger partial charge >= 0.3 is 0 Å². The Hall–Kier alpha value is -2.86. The van der Waals surface area contributed by atoms with Gasteiger partial charge in [-0.05, 0) is 73.5 Å². The maximum absolute atomic E-state index is 12.9. The van der Waals surface area contributed by atoms with Crippen molar-refractivity contribution < 1.29 is 9.59 Å². The summed E-state index contributed by atoms with van der Waals surface area (Å²) in [5.74, 6) is -0.214. The number of aromatic nitrogens is 1. The molecule has 3 aromatic rings. The van der Waals surface area contributed by atoms with Crippen molar-refractivity contribution in [2.24, 2.45) is 0 Å². The lowest BCUT2D eigenvalue weighted by Crippen LogP contribution is -2.29. The third kappa shape index (κ3) is 3.92. The van der Waals surface area contributed by atoms with E-state index in [-0.39, 0.29) is 11.7 Å². The van der Waals surface area contributed by atoms with Crippen LogP contribution < -0.4 is 10.2 Å². The van der Waals surface area contributed by atoms with E-state index in [1.807, 2.05) is 37.3 Å². The molecule has 0 saturated heterocycles. The van der Waals surface area contributed by atoms with Gasteiger partial charge in [0.15, 0.2) is 5.78 Å². The SMILES string of the molecule is CCCc1c(C(=O)Nc2ccc(N3CCc4sccc4C3)cc2)[nH]c(C)c1C(C)=O. The fourth-order valence-electron chi connectivity index (χ4n) is 4.27. The standard InChI is InChI=1S/C24H27N3O2S/c1-4-5-20-22(16(3)28)15(2)25-23(20)24(29)26-18-6-8-19(9-7-18)27-12-10-21-17(14-27)11-13-30-21/h6-9,11,13,25H,4-5,10,12,14H2,1-3H3,(H,26,29). The molecule has 30 heavy (non-hydrogen) atoms. The average Bonchev–Trinajstić information content (AvgIpc) is 3.32. The number of hydrogen-bond donors (Lipinski definition) is 2. The maximum atomic E-state index is 12.9. The number of aryl methyl sites for hydroxylation is 1. The number of H-pyrrole nitrogens is 1. The van der Waals surface area contributed by atoms with Gasteiger partial charge in [-0.2, -0.15) is 0 Å². The summed E-state index contributed by atoms with van der Waals surface area (Å²) < 4.78 is 0. The van der Waals surface area contributed by atoms with Crippen LogP contribution in [0, 0.1) is 6.92 Å². The Kier molecular flexibility index (Phi) is 5.77. The normalized spacial score (nSPS) is 13.2. The molecule has 0 bridgehead atoms. The Bertz CT molecular complexity index is 1080. The second kappa shape index (κ2) is 8.48. The van der Waals surface area contributed by atoms with Crippen molar-refractivity contribution in [1.29, 1.82) is 0 Å². The Morgan fingerprint density at radius 1 is 1.20 bits per heavy atom.